The molecule has 0 bridgehead atoms. The van der Waals surface area contributed by atoms with E-state index in [0.29, 0.717) is 0 Å². The molecule has 0 radical (unpaired) electrons. The second kappa shape index (κ2) is 6.35. The van der Waals surface area contributed by atoms with E-state index in [4.69, 9.17) is 4.74 Å². The van der Waals surface area contributed by atoms with Gasteiger partial charge < -0.3 is 10.1 Å². The number of rotatable bonds is 4. The van der Waals surface area contributed by atoms with E-state index in [1.165, 1.54) is 6.07 Å². The average Bonchev–Trinajstić information content (AvgIpc) is 2.50. The summed E-state index contributed by atoms with van der Waals surface area (Å²) in [6.45, 7) is 1.81. The molecule has 2 rings (SSSR count). The number of hydrogen-bond donors (Lipinski definition) is 1. The van der Waals surface area contributed by atoms with Crippen molar-refractivity contribution < 1.29 is 18.3 Å². The van der Waals surface area contributed by atoms with E-state index >= 15 is 0 Å². The van der Waals surface area contributed by atoms with Crippen LogP contribution < -0.4 is 10.1 Å². The zero-order valence-electron chi connectivity index (χ0n) is 11.7. The summed E-state index contributed by atoms with van der Waals surface area (Å²) >= 11 is 0. The summed E-state index contributed by atoms with van der Waals surface area (Å²) in [6, 6.07) is 10.0. The van der Waals surface area contributed by atoms with Crippen molar-refractivity contribution in [2.24, 2.45) is 0 Å². The number of carbonyl (C=O) groups excluding carboxylic acids is 1. The lowest BCUT2D eigenvalue weighted by atomic mass is 10.1. The highest BCUT2D eigenvalue weighted by molar-refractivity contribution is 5.94. The minimum Gasteiger partial charge on any atom is -0.497 e. The topological polar surface area (TPSA) is 38.3 Å². The number of hydrogen-bond acceptors (Lipinski definition) is 2. The molecule has 21 heavy (non-hydrogen) atoms. The standard InChI is InChI=1S/C16H15F2NO2/c1-10(11-3-6-13(21-2)7-4-11)19-16(20)12-5-8-14(17)15(18)9-12/h3-10H,1-2H3,(H,19,20). The van der Waals surface area contributed by atoms with Crippen LogP contribution in [0.3, 0.4) is 0 Å². The van der Waals surface area contributed by atoms with Crippen LogP contribution in [0, 0.1) is 11.6 Å². The smallest absolute Gasteiger partial charge is 0.251 e. The third-order valence-electron chi connectivity index (χ3n) is 3.15. The van der Waals surface area contributed by atoms with E-state index < -0.39 is 17.5 Å². The van der Waals surface area contributed by atoms with Crippen LogP contribution in [0.15, 0.2) is 42.5 Å². The molecule has 0 heterocycles. The van der Waals surface area contributed by atoms with E-state index in [0.717, 1.165) is 23.4 Å². The lowest BCUT2D eigenvalue weighted by molar-refractivity contribution is 0.0939. The van der Waals surface area contributed by atoms with Crippen molar-refractivity contribution in [1.82, 2.24) is 5.32 Å². The normalized spacial score (nSPS) is 11.8. The monoisotopic (exact) mass is 291 g/mol. The molecule has 0 aliphatic heterocycles. The number of benzene rings is 2. The van der Waals surface area contributed by atoms with Crippen molar-refractivity contribution in [2.45, 2.75) is 13.0 Å². The molecule has 0 saturated carbocycles. The number of halogens is 2. The molecule has 110 valence electrons. The number of nitrogens with one attached hydrogen (secondary N) is 1. The van der Waals surface area contributed by atoms with Crippen LogP contribution in [0.5, 0.6) is 5.75 Å². The molecule has 0 saturated heterocycles. The Morgan fingerprint density at radius 2 is 1.76 bits per heavy atom. The van der Waals surface area contributed by atoms with Gasteiger partial charge in [-0.3, -0.25) is 4.79 Å². The van der Waals surface area contributed by atoms with Crippen molar-refractivity contribution in [1.29, 1.82) is 0 Å². The molecule has 1 N–H and O–H groups in total. The second-order valence-corrected chi connectivity index (χ2v) is 4.60. The highest BCUT2D eigenvalue weighted by Gasteiger charge is 2.13. The zero-order chi connectivity index (χ0) is 15.4. The first-order valence-electron chi connectivity index (χ1n) is 6.41. The largest absolute Gasteiger partial charge is 0.497 e. The predicted molar refractivity (Wildman–Crippen MR) is 75.2 cm³/mol. The summed E-state index contributed by atoms with van der Waals surface area (Å²) in [5.41, 5.74) is 0.959. The van der Waals surface area contributed by atoms with Gasteiger partial charge in [-0.1, -0.05) is 12.1 Å². The third kappa shape index (κ3) is 3.56. The van der Waals surface area contributed by atoms with Gasteiger partial charge in [0.25, 0.3) is 5.91 Å². The van der Waals surface area contributed by atoms with Gasteiger partial charge in [0.15, 0.2) is 11.6 Å². The minimum atomic E-state index is -1.04. The molecule has 0 spiro atoms. The first-order chi connectivity index (χ1) is 10.0. The summed E-state index contributed by atoms with van der Waals surface area (Å²) in [6.07, 6.45) is 0. The molecule has 3 nitrogen and oxygen atoms in total. The van der Waals surface area contributed by atoms with Crippen molar-refractivity contribution in [3.05, 3.63) is 65.2 Å². The van der Waals surface area contributed by atoms with Crippen LogP contribution in [0.4, 0.5) is 8.78 Å². The minimum absolute atomic E-state index is 0.0780. The summed E-state index contributed by atoms with van der Waals surface area (Å²) in [5, 5.41) is 2.73. The summed E-state index contributed by atoms with van der Waals surface area (Å²) in [5.74, 6) is -1.76. The van der Waals surface area contributed by atoms with E-state index in [2.05, 4.69) is 5.32 Å². The van der Waals surface area contributed by atoms with E-state index in [-0.39, 0.29) is 11.6 Å². The Kier molecular flexibility index (Phi) is 4.52. The van der Waals surface area contributed by atoms with Crippen LogP contribution in [0.1, 0.15) is 28.9 Å². The van der Waals surface area contributed by atoms with Gasteiger partial charge >= 0.3 is 0 Å². The van der Waals surface area contributed by atoms with Gasteiger partial charge in [0, 0.05) is 5.56 Å². The first-order valence-corrected chi connectivity index (χ1v) is 6.41. The Bertz CT molecular complexity index is 641. The zero-order valence-corrected chi connectivity index (χ0v) is 11.7. The van der Waals surface area contributed by atoms with E-state index in [9.17, 15) is 13.6 Å². The molecule has 0 fully saturated rings. The quantitative estimate of drug-likeness (QED) is 0.936. The SMILES string of the molecule is COc1ccc(C(C)NC(=O)c2ccc(F)c(F)c2)cc1. The van der Waals surface area contributed by atoms with Gasteiger partial charge in [0.1, 0.15) is 5.75 Å². The highest BCUT2D eigenvalue weighted by atomic mass is 19.2. The van der Waals surface area contributed by atoms with Crippen molar-refractivity contribution >= 4 is 5.91 Å². The lowest BCUT2D eigenvalue weighted by Crippen LogP contribution is -2.26. The molecule has 1 atom stereocenters. The molecule has 2 aromatic rings. The molecule has 1 amide bonds. The predicted octanol–water partition coefficient (Wildman–Crippen LogP) is 3.46. The maximum Gasteiger partial charge on any atom is 0.251 e. The Balaban J connectivity index is 2.08. The Labute approximate surface area is 121 Å². The molecule has 0 aromatic heterocycles. The fourth-order valence-electron chi connectivity index (χ4n) is 1.89. The summed E-state index contributed by atoms with van der Waals surface area (Å²) in [4.78, 5) is 12.0. The van der Waals surface area contributed by atoms with Gasteiger partial charge in [-0.2, -0.15) is 0 Å². The average molecular weight is 291 g/mol. The molecule has 0 aliphatic carbocycles. The van der Waals surface area contributed by atoms with Crippen LogP contribution in [0.2, 0.25) is 0 Å². The van der Waals surface area contributed by atoms with Crippen LogP contribution >= 0.6 is 0 Å². The number of amides is 1. The number of ether oxygens (including phenoxy) is 1. The molecular formula is C16H15F2NO2. The Morgan fingerprint density at radius 1 is 1.10 bits per heavy atom. The molecule has 0 aliphatic rings. The van der Waals surface area contributed by atoms with Crippen LogP contribution in [0.25, 0.3) is 0 Å². The number of carbonyl (C=O) groups is 1. The molecule has 5 heteroatoms. The highest BCUT2D eigenvalue weighted by Crippen LogP contribution is 2.18. The third-order valence-corrected chi connectivity index (χ3v) is 3.15. The van der Waals surface area contributed by atoms with Gasteiger partial charge in [-0.15, -0.1) is 0 Å². The van der Waals surface area contributed by atoms with Crippen molar-refractivity contribution in [2.75, 3.05) is 7.11 Å². The molecule has 2 aromatic carbocycles. The van der Waals surface area contributed by atoms with Gasteiger partial charge in [0.2, 0.25) is 0 Å². The fraction of sp³-hybridized carbons (Fsp3) is 0.188. The second-order valence-electron chi connectivity index (χ2n) is 4.60. The first kappa shape index (κ1) is 15.0. The van der Waals surface area contributed by atoms with Gasteiger partial charge in [0.05, 0.1) is 13.2 Å². The van der Waals surface area contributed by atoms with Crippen molar-refractivity contribution in [3.8, 4) is 5.75 Å². The maximum absolute atomic E-state index is 13.1. The van der Waals surface area contributed by atoms with Gasteiger partial charge in [-0.25, -0.2) is 8.78 Å². The van der Waals surface area contributed by atoms with E-state index in [1.54, 1.807) is 26.2 Å². The Morgan fingerprint density at radius 3 is 2.33 bits per heavy atom. The summed E-state index contributed by atoms with van der Waals surface area (Å²) < 4.78 is 31.0. The van der Waals surface area contributed by atoms with E-state index in [1.807, 2.05) is 12.1 Å². The maximum atomic E-state index is 13.1. The molecular weight excluding hydrogens is 276 g/mol. The van der Waals surface area contributed by atoms with Gasteiger partial charge in [-0.05, 0) is 42.8 Å². The number of methoxy groups -OCH3 is 1. The van der Waals surface area contributed by atoms with Crippen LogP contribution in [-0.4, -0.2) is 13.0 Å². The van der Waals surface area contributed by atoms with Crippen LogP contribution in [-0.2, 0) is 0 Å². The lowest BCUT2D eigenvalue weighted by Gasteiger charge is -2.15. The Hall–Kier alpha value is -2.43. The van der Waals surface area contributed by atoms with Crippen molar-refractivity contribution in [3.63, 3.8) is 0 Å². The molecule has 1 unspecified atom stereocenters. The fourth-order valence-corrected chi connectivity index (χ4v) is 1.89. The summed E-state index contributed by atoms with van der Waals surface area (Å²) in [7, 11) is 1.57.